The summed E-state index contributed by atoms with van der Waals surface area (Å²) < 4.78 is 24.2. The third kappa shape index (κ3) is 4.18. The molecule has 7 nitrogen and oxygen atoms in total. The van der Waals surface area contributed by atoms with E-state index in [9.17, 15) is 14.7 Å². The second-order valence-electron chi connectivity index (χ2n) is 10.9. The van der Waals surface area contributed by atoms with Crippen molar-refractivity contribution in [2.24, 2.45) is 0 Å². The number of benzene rings is 2. The Morgan fingerprint density at radius 1 is 0.973 bits per heavy atom. The quantitative estimate of drug-likeness (QED) is 0.190. The van der Waals surface area contributed by atoms with Crippen LogP contribution in [0.25, 0.3) is 34.1 Å². The number of carbonyl (C=O) groups excluding carboxylic acids is 1. The van der Waals surface area contributed by atoms with Gasteiger partial charge in [-0.3, -0.25) is 9.59 Å². The number of phenols is 1. The van der Waals surface area contributed by atoms with Crippen LogP contribution in [0.1, 0.15) is 65.2 Å². The van der Waals surface area contributed by atoms with E-state index in [1.807, 2.05) is 59.8 Å². The van der Waals surface area contributed by atoms with E-state index in [2.05, 4.69) is 0 Å². The van der Waals surface area contributed by atoms with E-state index in [-0.39, 0.29) is 39.2 Å². The van der Waals surface area contributed by atoms with Crippen LogP contribution in [0.3, 0.4) is 0 Å². The van der Waals surface area contributed by atoms with Crippen molar-refractivity contribution in [1.29, 1.82) is 0 Å². The summed E-state index contributed by atoms with van der Waals surface area (Å²) in [5.41, 5.74) is 1.34. The third-order valence-electron chi connectivity index (χ3n) is 6.43. The SMILES string of the molecule is CC(=O)Oc1cc2oc3c(CC=C(C)C)c4c(c(O)c3c(=O)c2c2c1OC(C)(C)C=C2)C=CC(C)(C)O4. The summed E-state index contributed by atoms with van der Waals surface area (Å²) >= 11 is 0. The Balaban J connectivity index is 1.94. The lowest BCUT2D eigenvalue weighted by molar-refractivity contribution is -0.132. The molecule has 5 rings (SSSR count). The Morgan fingerprint density at radius 2 is 1.59 bits per heavy atom. The van der Waals surface area contributed by atoms with Crippen molar-refractivity contribution < 1.29 is 28.5 Å². The highest BCUT2D eigenvalue weighted by molar-refractivity contribution is 6.03. The summed E-state index contributed by atoms with van der Waals surface area (Å²) in [6, 6.07) is 1.50. The van der Waals surface area contributed by atoms with E-state index >= 15 is 0 Å². The van der Waals surface area contributed by atoms with Gasteiger partial charge in [-0.25, -0.2) is 0 Å². The van der Waals surface area contributed by atoms with Crippen LogP contribution in [0, 0.1) is 0 Å². The van der Waals surface area contributed by atoms with Gasteiger partial charge in [-0.2, -0.15) is 0 Å². The average molecular weight is 503 g/mol. The van der Waals surface area contributed by atoms with Crippen LogP contribution in [0.2, 0.25) is 0 Å². The lowest BCUT2D eigenvalue weighted by Crippen LogP contribution is -2.29. The Bertz CT molecular complexity index is 1640. The highest BCUT2D eigenvalue weighted by atomic mass is 16.6. The van der Waals surface area contributed by atoms with E-state index < -0.39 is 22.6 Å². The summed E-state index contributed by atoms with van der Waals surface area (Å²) in [7, 11) is 0. The topological polar surface area (TPSA) is 95.2 Å². The zero-order chi connectivity index (χ0) is 26.9. The standard InChI is InChI=1S/C30H30O7/c1-15(2)8-9-19-26-18(11-13-29(4,5)36-26)24(32)23-25(33)22-17-10-12-30(6,7)37-27(17)21(34-16(3)31)14-20(22)35-28(19)23/h8,10-14,32H,9H2,1-7H3. The molecule has 0 unspecified atom stereocenters. The number of rotatable bonds is 3. The van der Waals surface area contributed by atoms with Crippen molar-refractivity contribution in [3.63, 3.8) is 0 Å². The van der Waals surface area contributed by atoms with Crippen molar-refractivity contribution in [1.82, 2.24) is 0 Å². The van der Waals surface area contributed by atoms with Crippen LogP contribution < -0.4 is 19.6 Å². The molecule has 192 valence electrons. The molecule has 1 N–H and O–H groups in total. The first kappa shape index (κ1) is 24.7. The Morgan fingerprint density at radius 3 is 2.22 bits per heavy atom. The zero-order valence-electron chi connectivity index (χ0n) is 22.1. The summed E-state index contributed by atoms with van der Waals surface area (Å²) in [5, 5.41) is 11.6. The Labute approximate surface area is 214 Å². The minimum atomic E-state index is -0.680. The number of esters is 1. The first-order valence-corrected chi connectivity index (χ1v) is 12.2. The second-order valence-corrected chi connectivity index (χ2v) is 10.9. The number of carbonyl (C=O) groups is 1. The molecular weight excluding hydrogens is 472 g/mol. The maximum absolute atomic E-state index is 14.1. The van der Waals surface area contributed by atoms with Crippen molar-refractivity contribution in [3.05, 3.63) is 56.8 Å². The van der Waals surface area contributed by atoms with Crippen LogP contribution in [-0.2, 0) is 11.2 Å². The average Bonchev–Trinajstić information content (AvgIpc) is 2.77. The second kappa shape index (κ2) is 8.26. The number of allylic oxidation sites excluding steroid dienone is 2. The molecule has 0 spiro atoms. The van der Waals surface area contributed by atoms with Crippen LogP contribution in [0.5, 0.6) is 23.0 Å². The largest absolute Gasteiger partial charge is 0.506 e. The van der Waals surface area contributed by atoms with Gasteiger partial charge in [-0.1, -0.05) is 17.7 Å². The molecule has 2 aromatic carbocycles. The smallest absolute Gasteiger partial charge is 0.308 e. The summed E-state index contributed by atoms with van der Waals surface area (Å²) in [6.45, 7) is 12.8. The molecule has 1 aromatic heterocycles. The fourth-order valence-corrected chi connectivity index (χ4v) is 4.69. The molecule has 0 fully saturated rings. The predicted octanol–water partition coefficient (Wildman–Crippen LogP) is 6.45. The predicted molar refractivity (Wildman–Crippen MR) is 144 cm³/mol. The highest BCUT2D eigenvalue weighted by Crippen LogP contribution is 2.48. The number of hydrogen-bond acceptors (Lipinski definition) is 7. The molecule has 0 saturated heterocycles. The van der Waals surface area contributed by atoms with E-state index in [1.54, 1.807) is 12.2 Å². The summed E-state index contributed by atoms with van der Waals surface area (Å²) in [5.74, 6) is 0.171. The van der Waals surface area contributed by atoms with Crippen molar-refractivity contribution in [3.8, 4) is 23.0 Å². The molecule has 3 aromatic rings. The summed E-state index contributed by atoms with van der Waals surface area (Å²) in [6.07, 6.45) is 9.66. The van der Waals surface area contributed by atoms with Gasteiger partial charge in [0.1, 0.15) is 39.3 Å². The Kier molecular flexibility index (Phi) is 5.51. The van der Waals surface area contributed by atoms with Gasteiger partial charge in [0.2, 0.25) is 5.43 Å². The number of phenolic OH excluding ortho intramolecular Hbond substituents is 1. The van der Waals surface area contributed by atoms with Gasteiger partial charge in [-0.15, -0.1) is 0 Å². The molecule has 0 amide bonds. The first-order valence-electron chi connectivity index (χ1n) is 12.2. The van der Waals surface area contributed by atoms with Gasteiger partial charge in [0.25, 0.3) is 0 Å². The Hall–Kier alpha value is -4.00. The molecular formula is C30H30O7. The zero-order valence-corrected chi connectivity index (χ0v) is 22.1. The molecule has 0 radical (unpaired) electrons. The normalized spacial score (nSPS) is 16.5. The minimum absolute atomic E-state index is 0.0667. The molecule has 7 heteroatoms. The molecule has 0 bridgehead atoms. The van der Waals surface area contributed by atoms with Gasteiger partial charge in [-0.05, 0) is 66.2 Å². The van der Waals surface area contributed by atoms with Crippen LogP contribution in [0.15, 0.2) is 39.1 Å². The lowest BCUT2D eigenvalue weighted by Gasteiger charge is -2.31. The van der Waals surface area contributed by atoms with E-state index in [1.165, 1.54) is 13.0 Å². The van der Waals surface area contributed by atoms with Gasteiger partial charge >= 0.3 is 5.97 Å². The number of fused-ring (bicyclic) bond motifs is 5. The number of aromatic hydroxyl groups is 1. The van der Waals surface area contributed by atoms with E-state index in [0.717, 1.165) is 5.57 Å². The van der Waals surface area contributed by atoms with E-state index in [0.29, 0.717) is 28.9 Å². The fourth-order valence-electron chi connectivity index (χ4n) is 4.69. The van der Waals surface area contributed by atoms with Crippen molar-refractivity contribution in [2.45, 2.75) is 66.1 Å². The number of hydrogen-bond donors (Lipinski definition) is 1. The molecule has 3 heterocycles. The van der Waals surface area contributed by atoms with Crippen LogP contribution in [-0.4, -0.2) is 22.3 Å². The highest BCUT2D eigenvalue weighted by Gasteiger charge is 2.33. The molecule has 2 aliphatic heterocycles. The molecule has 2 aliphatic rings. The van der Waals surface area contributed by atoms with Gasteiger partial charge in [0, 0.05) is 24.1 Å². The first-order chi connectivity index (χ1) is 17.3. The summed E-state index contributed by atoms with van der Waals surface area (Å²) in [4.78, 5) is 26.0. The van der Waals surface area contributed by atoms with Crippen LogP contribution in [0.4, 0.5) is 0 Å². The maximum Gasteiger partial charge on any atom is 0.308 e. The van der Waals surface area contributed by atoms with E-state index in [4.69, 9.17) is 18.6 Å². The minimum Gasteiger partial charge on any atom is -0.506 e. The maximum atomic E-state index is 14.1. The fraction of sp³-hybridized carbons (Fsp3) is 0.333. The van der Waals surface area contributed by atoms with Gasteiger partial charge < -0.3 is 23.7 Å². The lowest BCUT2D eigenvalue weighted by atomic mass is 9.93. The van der Waals surface area contributed by atoms with Crippen molar-refractivity contribution >= 4 is 40.1 Å². The molecule has 37 heavy (non-hydrogen) atoms. The molecule has 0 aliphatic carbocycles. The van der Waals surface area contributed by atoms with Gasteiger partial charge in [0.15, 0.2) is 11.5 Å². The monoisotopic (exact) mass is 502 g/mol. The van der Waals surface area contributed by atoms with Crippen molar-refractivity contribution in [2.75, 3.05) is 0 Å². The molecule has 0 atom stereocenters. The van der Waals surface area contributed by atoms with Crippen LogP contribution >= 0.6 is 0 Å². The molecule has 0 saturated carbocycles. The van der Waals surface area contributed by atoms with Gasteiger partial charge in [0.05, 0.1) is 10.9 Å². The third-order valence-corrected chi connectivity index (χ3v) is 6.43. The number of ether oxygens (including phenoxy) is 3.